The van der Waals surface area contributed by atoms with E-state index in [-0.39, 0.29) is 11.9 Å². The number of aliphatic hydroxyl groups excluding tert-OH is 1. The second-order valence-corrected chi connectivity index (χ2v) is 6.25. The number of aliphatic hydroxyl groups is 1. The van der Waals surface area contributed by atoms with Gasteiger partial charge in [-0.1, -0.05) is 25.0 Å². The molecule has 3 N–H and O–H groups in total. The fourth-order valence-corrected chi connectivity index (χ4v) is 3.10. The highest BCUT2D eigenvalue weighted by Crippen LogP contribution is 2.22. The van der Waals surface area contributed by atoms with Crippen molar-refractivity contribution in [2.45, 2.75) is 57.0 Å². The molecule has 1 heterocycles. The van der Waals surface area contributed by atoms with Crippen LogP contribution in [0.5, 0.6) is 0 Å². The van der Waals surface area contributed by atoms with Crippen molar-refractivity contribution in [2.24, 2.45) is 0 Å². The summed E-state index contributed by atoms with van der Waals surface area (Å²) in [6.45, 7) is 1.12. The minimum Gasteiger partial charge on any atom is -0.392 e. The zero-order valence-corrected chi connectivity index (χ0v) is 12.8. The Balaban J connectivity index is 1.47. The van der Waals surface area contributed by atoms with E-state index in [0.29, 0.717) is 25.7 Å². The predicted octanol–water partition coefficient (Wildman–Crippen LogP) is 1.81. The van der Waals surface area contributed by atoms with Crippen molar-refractivity contribution in [2.75, 3.05) is 11.9 Å². The fourth-order valence-electron chi connectivity index (χ4n) is 3.10. The van der Waals surface area contributed by atoms with Crippen molar-refractivity contribution < 1.29 is 14.6 Å². The smallest absolute Gasteiger partial charge is 0.241 e. The Morgan fingerprint density at radius 3 is 2.64 bits per heavy atom. The number of benzene rings is 1. The van der Waals surface area contributed by atoms with Crippen LogP contribution >= 0.6 is 0 Å². The third-order valence-electron chi connectivity index (χ3n) is 4.43. The number of rotatable bonds is 5. The summed E-state index contributed by atoms with van der Waals surface area (Å²) in [5.41, 5.74) is 1.90. The molecule has 22 heavy (non-hydrogen) atoms. The Hall–Kier alpha value is -1.43. The van der Waals surface area contributed by atoms with E-state index in [1.807, 2.05) is 24.3 Å². The van der Waals surface area contributed by atoms with Crippen LogP contribution in [0.25, 0.3) is 0 Å². The fraction of sp³-hybridized carbons (Fsp3) is 0.588. The maximum Gasteiger partial charge on any atom is 0.241 e. The molecule has 1 saturated heterocycles. The number of hydrogen-bond donors (Lipinski definition) is 3. The van der Waals surface area contributed by atoms with Gasteiger partial charge in [0.05, 0.1) is 24.9 Å². The van der Waals surface area contributed by atoms with E-state index in [0.717, 1.165) is 11.3 Å². The number of hydrogen-bond acceptors (Lipinski definition) is 4. The lowest BCUT2D eigenvalue weighted by atomic mass is 10.1. The summed E-state index contributed by atoms with van der Waals surface area (Å²) in [4.78, 5) is 12.0. The van der Waals surface area contributed by atoms with Gasteiger partial charge < -0.3 is 20.5 Å². The first-order chi connectivity index (χ1) is 10.7. The molecule has 5 heteroatoms. The van der Waals surface area contributed by atoms with Crippen LogP contribution < -0.4 is 10.6 Å². The lowest BCUT2D eigenvalue weighted by Crippen LogP contribution is -2.35. The number of carbonyl (C=O) groups is 1. The predicted molar refractivity (Wildman–Crippen MR) is 84.5 cm³/mol. The van der Waals surface area contributed by atoms with Crippen LogP contribution in [0.1, 0.15) is 37.7 Å². The van der Waals surface area contributed by atoms with Gasteiger partial charge in [0.1, 0.15) is 0 Å². The normalized spacial score (nSPS) is 25.5. The van der Waals surface area contributed by atoms with Crippen LogP contribution in [0, 0.1) is 0 Å². The molecule has 120 valence electrons. The highest BCUT2D eigenvalue weighted by Gasteiger charge is 2.27. The van der Waals surface area contributed by atoms with Crippen molar-refractivity contribution in [1.82, 2.24) is 5.32 Å². The van der Waals surface area contributed by atoms with E-state index in [9.17, 15) is 9.90 Å². The molecule has 0 aromatic heterocycles. The first-order valence-corrected chi connectivity index (χ1v) is 8.13. The highest BCUT2D eigenvalue weighted by atomic mass is 16.5. The molecular weight excluding hydrogens is 280 g/mol. The van der Waals surface area contributed by atoms with Crippen molar-refractivity contribution in [1.29, 1.82) is 0 Å². The highest BCUT2D eigenvalue weighted by molar-refractivity contribution is 5.95. The van der Waals surface area contributed by atoms with Gasteiger partial charge in [-0.25, -0.2) is 0 Å². The van der Waals surface area contributed by atoms with Gasteiger partial charge in [-0.05, 0) is 37.0 Å². The molecule has 0 radical (unpaired) electrons. The van der Waals surface area contributed by atoms with E-state index in [1.165, 1.54) is 25.7 Å². The van der Waals surface area contributed by atoms with Gasteiger partial charge in [-0.15, -0.1) is 0 Å². The standard InChI is InChI=1S/C17H24N2O3/c20-14-9-16(18-10-14)17(21)19-13-7-5-12(6-8-13)11-22-15-3-1-2-4-15/h5-8,14-16,18,20H,1-4,9-11H2,(H,19,21). The average molecular weight is 304 g/mol. The molecular formula is C17H24N2O3. The van der Waals surface area contributed by atoms with Crippen molar-refractivity contribution >= 4 is 11.6 Å². The molecule has 0 bridgehead atoms. The molecule has 1 aliphatic carbocycles. The molecule has 0 spiro atoms. The minimum atomic E-state index is -0.425. The van der Waals surface area contributed by atoms with Crippen LogP contribution in [0.3, 0.4) is 0 Å². The Morgan fingerprint density at radius 1 is 1.27 bits per heavy atom. The topological polar surface area (TPSA) is 70.6 Å². The van der Waals surface area contributed by atoms with Crippen molar-refractivity contribution in [3.8, 4) is 0 Å². The molecule has 1 saturated carbocycles. The summed E-state index contributed by atoms with van der Waals surface area (Å²) >= 11 is 0. The number of ether oxygens (including phenoxy) is 1. The van der Waals surface area contributed by atoms with Gasteiger partial charge in [-0.2, -0.15) is 0 Å². The van der Waals surface area contributed by atoms with Crippen LogP contribution in [-0.2, 0) is 16.1 Å². The zero-order chi connectivity index (χ0) is 15.4. The summed E-state index contributed by atoms with van der Waals surface area (Å²) in [6.07, 6.45) is 5.37. The Morgan fingerprint density at radius 2 is 2.00 bits per heavy atom. The van der Waals surface area contributed by atoms with E-state index in [4.69, 9.17) is 4.74 Å². The van der Waals surface area contributed by atoms with E-state index in [1.54, 1.807) is 0 Å². The van der Waals surface area contributed by atoms with Gasteiger partial charge in [0.25, 0.3) is 0 Å². The lowest BCUT2D eigenvalue weighted by molar-refractivity contribution is -0.117. The van der Waals surface area contributed by atoms with Gasteiger partial charge in [0.15, 0.2) is 0 Å². The first-order valence-electron chi connectivity index (χ1n) is 8.13. The molecule has 2 aliphatic rings. The third kappa shape index (κ3) is 4.06. The molecule has 2 fully saturated rings. The van der Waals surface area contributed by atoms with Gasteiger partial charge in [0.2, 0.25) is 5.91 Å². The number of anilines is 1. The number of amides is 1. The van der Waals surface area contributed by atoms with Crippen LogP contribution in [0.4, 0.5) is 5.69 Å². The molecule has 2 unspecified atom stereocenters. The van der Waals surface area contributed by atoms with Crippen molar-refractivity contribution in [3.63, 3.8) is 0 Å². The molecule has 1 amide bonds. The SMILES string of the molecule is O=C(Nc1ccc(COC2CCCC2)cc1)C1CC(O)CN1. The molecule has 1 aromatic carbocycles. The first kappa shape index (κ1) is 15.5. The molecule has 1 aromatic rings. The van der Waals surface area contributed by atoms with Gasteiger partial charge >= 0.3 is 0 Å². The third-order valence-corrected chi connectivity index (χ3v) is 4.43. The van der Waals surface area contributed by atoms with Crippen molar-refractivity contribution in [3.05, 3.63) is 29.8 Å². The second kappa shape index (κ2) is 7.22. The monoisotopic (exact) mass is 304 g/mol. The van der Waals surface area contributed by atoms with Crippen LogP contribution in [-0.4, -0.2) is 35.8 Å². The Bertz CT molecular complexity index is 497. The summed E-state index contributed by atoms with van der Waals surface area (Å²) < 4.78 is 5.88. The molecule has 3 rings (SSSR count). The lowest BCUT2D eigenvalue weighted by Gasteiger charge is -2.13. The summed E-state index contributed by atoms with van der Waals surface area (Å²) in [5.74, 6) is -0.0912. The van der Waals surface area contributed by atoms with Gasteiger partial charge in [-0.3, -0.25) is 4.79 Å². The Kier molecular flexibility index (Phi) is 5.08. The largest absolute Gasteiger partial charge is 0.392 e. The summed E-state index contributed by atoms with van der Waals surface area (Å²) in [6, 6.07) is 7.47. The minimum absolute atomic E-state index is 0.0912. The average Bonchev–Trinajstić information content (AvgIpc) is 3.18. The second-order valence-electron chi connectivity index (χ2n) is 6.25. The van der Waals surface area contributed by atoms with Crippen LogP contribution in [0.15, 0.2) is 24.3 Å². The number of carbonyl (C=O) groups excluding carboxylic acids is 1. The summed E-state index contributed by atoms with van der Waals surface area (Å²) in [7, 11) is 0. The quantitative estimate of drug-likeness (QED) is 0.776. The zero-order valence-electron chi connectivity index (χ0n) is 12.8. The van der Waals surface area contributed by atoms with E-state index in [2.05, 4.69) is 10.6 Å². The maximum atomic E-state index is 12.0. The maximum absolute atomic E-state index is 12.0. The van der Waals surface area contributed by atoms with Gasteiger partial charge in [0, 0.05) is 12.2 Å². The number of nitrogens with one attached hydrogen (secondary N) is 2. The van der Waals surface area contributed by atoms with E-state index < -0.39 is 6.10 Å². The molecule has 5 nitrogen and oxygen atoms in total. The molecule has 2 atom stereocenters. The Labute approximate surface area is 131 Å². The number of β-amino-alcohol motifs (C(OH)–C–C–N with tert-alkyl or cyclic N) is 1. The van der Waals surface area contributed by atoms with Crippen LogP contribution in [0.2, 0.25) is 0 Å². The van der Waals surface area contributed by atoms with E-state index >= 15 is 0 Å². The molecule has 1 aliphatic heterocycles. The summed E-state index contributed by atoms with van der Waals surface area (Å²) in [5, 5.41) is 15.3.